The summed E-state index contributed by atoms with van der Waals surface area (Å²) in [6, 6.07) is 3.57. The minimum absolute atomic E-state index is 0.315. The van der Waals surface area contributed by atoms with E-state index >= 15 is 0 Å². The third-order valence-corrected chi connectivity index (χ3v) is 1.64. The molecule has 0 aliphatic heterocycles. The van der Waals surface area contributed by atoms with Crippen molar-refractivity contribution in [3.05, 3.63) is 24.5 Å². The molecule has 2 aromatic heterocycles. The molecule has 60 valence electrons. The molecule has 0 saturated heterocycles. The van der Waals surface area contributed by atoms with Crippen LogP contribution in [0.25, 0.3) is 11.0 Å². The topological polar surface area (TPSA) is 58.1 Å². The van der Waals surface area contributed by atoms with E-state index in [0.29, 0.717) is 5.75 Å². The van der Waals surface area contributed by atoms with Crippen molar-refractivity contribution in [2.75, 3.05) is 0 Å². The third kappa shape index (κ3) is 1.04. The van der Waals surface area contributed by atoms with Crippen molar-refractivity contribution in [3.63, 3.8) is 0 Å². The van der Waals surface area contributed by atoms with Crippen molar-refractivity contribution < 1.29 is 9.68 Å². The molecule has 0 amide bonds. The summed E-state index contributed by atoms with van der Waals surface area (Å²) in [5.41, 5.74) is 0.765. The smallest absolute Gasteiger partial charge is 0.504 e. The molecule has 0 fully saturated rings. The molecule has 0 bridgehead atoms. The van der Waals surface area contributed by atoms with Crippen LogP contribution in [0.2, 0.25) is 0 Å². The molecule has 0 aliphatic rings. The summed E-state index contributed by atoms with van der Waals surface area (Å²) in [6.07, 6.45) is 3.41. The maximum Gasteiger partial charge on any atom is 0.504 e. The van der Waals surface area contributed by atoms with Gasteiger partial charge in [-0.2, -0.15) is 0 Å². The molecule has 0 aromatic carbocycles. The van der Waals surface area contributed by atoms with E-state index in [1.54, 1.807) is 18.5 Å². The highest BCUT2D eigenvalue weighted by atomic mass is 16.5. The molecular weight excluding hydrogens is 155 g/mol. The Hall–Kier alpha value is -1.49. The summed E-state index contributed by atoms with van der Waals surface area (Å²) < 4.78 is 4.97. The first kappa shape index (κ1) is 7.18. The second-order valence-corrected chi connectivity index (χ2v) is 2.32. The van der Waals surface area contributed by atoms with Gasteiger partial charge in [0.1, 0.15) is 11.4 Å². The summed E-state index contributed by atoms with van der Waals surface area (Å²) in [4.78, 5) is 7.01. The Morgan fingerprint density at radius 2 is 2.42 bits per heavy atom. The average Bonchev–Trinajstić information content (AvgIpc) is 2.53. The molecule has 4 nitrogen and oxygen atoms in total. The van der Waals surface area contributed by atoms with E-state index < -0.39 is 0 Å². The van der Waals surface area contributed by atoms with Crippen LogP contribution in [0.4, 0.5) is 0 Å². The summed E-state index contributed by atoms with van der Waals surface area (Å²) in [5, 5.41) is 9.44. The molecule has 0 radical (unpaired) electrons. The van der Waals surface area contributed by atoms with E-state index in [1.165, 1.54) is 0 Å². The number of hydrogen-bond donors (Lipinski definition) is 2. The fraction of sp³-hybridized carbons (Fsp3) is 0. The highest BCUT2D eigenvalue weighted by Crippen LogP contribution is 2.21. The lowest BCUT2D eigenvalue weighted by Gasteiger charge is -2.01. The third-order valence-electron chi connectivity index (χ3n) is 1.64. The van der Waals surface area contributed by atoms with Crippen LogP contribution in [0.15, 0.2) is 24.5 Å². The van der Waals surface area contributed by atoms with E-state index in [9.17, 15) is 0 Å². The number of fused-ring (bicyclic) bond motifs is 1. The monoisotopic (exact) mass is 162 g/mol. The van der Waals surface area contributed by atoms with E-state index in [1.807, 2.05) is 6.07 Å². The van der Waals surface area contributed by atoms with E-state index in [-0.39, 0.29) is 7.69 Å². The van der Waals surface area contributed by atoms with Crippen LogP contribution in [0, 0.1) is 0 Å². The predicted octanol–water partition coefficient (Wildman–Crippen LogP) is 0.200. The summed E-state index contributed by atoms with van der Waals surface area (Å²) in [5.74, 6) is 0.642. The van der Waals surface area contributed by atoms with E-state index in [0.717, 1.165) is 11.0 Å². The molecule has 0 saturated carbocycles. The molecule has 0 atom stereocenters. The predicted molar refractivity (Wildman–Crippen MR) is 46.1 cm³/mol. The molecule has 0 unspecified atom stereocenters. The standard InChI is InChI=1S/C7H7BN2O2/c11-8-12-6-2-4-10-7-5(6)1-3-9-7/h1-4,8,11H,(H,9,10). The zero-order valence-corrected chi connectivity index (χ0v) is 6.32. The van der Waals surface area contributed by atoms with Crippen molar-refractivity contribution in [2.24, 2.45) is 0 Å². The Morgan fingerprint density at radius 3 is 3.25 bits per heavy atom. The molecule has 2 aromatic rings. The molecule has 2 heterocycles. The number of nitrogens with one attached hydrogen (secondary N) is 1. The van der Waals surface area contributed by atoms with Gasteiger partial charge in [0.05, 0.1) is 5.39 Å². The van der Waals surface area contributed by atoms with Crippen LogP contribution in [0.1, 0.15) is 0 Å². The van der Waals surface area contributed by atoms with Gasteiger partial charge < -0.3 is 14.7 Å². The van der Waals surface area contributed by atoms with Crippen molar-refractivity contribution >= 4 is 18.7 Å². The maximum absolute atomic E-state index is 8.56. The number of pyridine rings is 1. The first-order valence-corrected chi connectivity index (χ1v) is 3.57. The lowest BCUT2D eigenvalue weighted by molar-refractivity contribution is 0.456. The Morgan fingerprint density at radius 1 is 1.50 bits per heavy atom. The minimum atomic E-state index is -0.315. The lowest BCUT2D eigenvalue weighted by Crippen LogP contribution is -1.99. The first-order valence-electron chi connectivity index (χ1n) is 3.57. The normalized spacial score (nSPS) is 10.1. The minimum Gasteiger partial charge on any atom is -0.538 e. The highest BCUT2D eigenvalue weighted by Gasteiger charge is 2.02. The zero-order chi connectivity index (χ0) is 8.39. The van der Waals surface area contributed by atoms with E-state index in [4.69, 9.17) is 9.68 Å². The molecule has 0 aliphatic carbocycles. The number of hydrogen-bond acceptors (Lipinski definition) is 3. The van der Waals surface area contributed by atoms with Gasteiger partial charge in [-0.1, -0.05) is 0 Å². The quantitative estimate of drug-likeness (QED) is 0.620. The number of H-pyrrole nitrogens is 1. The number of nitrogens with zero attached hydrogens (tertiary/aromatic N) is 1. The second kappa shape index (κ2) is 2.87. The Kier molecular flexibility index (Phi) is 1.71. The molecule has 5 heteroatoms. The average molecular weight is 162 g/mol. The summed E-state index contributed by atoms with van der Waals surface area (Å²) in [6.45, 7) is 0. The SMILES string of the molecule is OBOc1ccnc2[nH]ccc12. The lowest BCUT2D eigenvalue weighted by atomic mass is 10.3. The molecule has 2 rings (SSSR count). The fourth-order valence-corrected chi connectivity index (χ4v) is 1.13. The van der Waals surface area contributed by atoms with E-state index in [2.05, 4.69) is 9.97 Å². The molecule has 0 spiro atoms. The van der Waals surface area contributed by atoms with Crippen LogP contribution < -0.4 is 4.65 Å². The van der Waals surface area contributed by atoms with Crippen molar-refractivity contribution in [1.82, 2.24) is 9.97 Å². The van der Waals surface area contributed by atoms with Gasteiger partial charge in [0, 0.05) is 12.4 Å². The van der Waals surface area contributed by atoms with Gasteiger partial charge in [-0.3, -0.25) is 0 Å². The van der Waals surface area contributed by atoms with Crippen LogP contribution in [0.3, 0.4) is 0 Å². The van der Waals surface area contributed by atoms with Crippen molar-refractivity contribution in [3.8, 4) is 5.75 Å². The van der Waals surface area contributed by atoms with Crippen molar-refractivity contribution in [1.29, 1.82) is 0 Å². The maximum atomic E-state index is 8.56. The van der Waals surface area contributed by atoms with Gasteiger partial charge in [0.15, 0.2) is 0 Å². The molecule has 12 heavy (non-hydrogen) atoms. The number of aromatic nitrogens is 2. The molecular formula is C7H7BN2O2. The Bertz CT molecular complexity index is 388. The largest absolute Gasteiger partial charge is 0.538 e. The fourth-order valence-electron chi connectivity index (χ4n) is 1.13. The Balaban J connectivity index is 2.57. The van der Waals surface area contributed by atoms with Gasteiger partial charge in [0.25, 0.3) is 0 Å². The van der Waals surface area contributed by atoms with Gasteiger partial charge in [-0.15, -0.1) is 0 Å². The Labute approximate surface area is 69.5 Å². The van der Waals surface area contributed by atoms with Gasteiger partial charge in [-0.25, -0.2) is 4.98 Å². The number of aromatic amines is 1. The summed E-state index contributed by atoms with van der Waals surface area (Å²) >= 11 is 0. The van der Waals surface area contributed by atoms with Crippen LogP contribution >= 0.6 is 0 Å². The van der Waals surface area contributed by atoms with Gasteiger partial charge >= 0.3 is 7.69 Å². The van der Waals surface area contributed by atoms with Gasteiger partial charge in [-0.05, 0) is 12.1 Å². The van der Waals surface area contributed by atoms with Crippen molar-refractivity contribution in [2.45, 2.75) is 0 Å². The van der Waals surface area contributed by atoms with Crippen LogP contribution in [0.5, 0.6) is 5.75 Å². The second-order valence-electron chi connectivity index (χ2n) is 2.32. The molecule has 2 N–H and O–H groups in total. The summed E-state index contributed by atoms with van der Waals surface area (Å²) in [7, 11) is -0.315. The number of rotatable bonds is 2. The highest BCUT2D eigenvalue weighted by molar-refractivity contribution is 6.18. The first-order chi connectivity index (χ1) is 5.92. The van der Waals surface area contributed by atoms with Crippen LogP contribution in [-0.4, -0.2) is 22.7 Å². The van der Waals surface area contributed by atoms with Crippen LogP contribution in [-0.2, 0) is 0 Å². The van der Waals surface area contributed by atoms with Gasteiger partial charge in [0.2, 0.25) is 0 Å². The zero-order valence-electron chi connectivity index (χ0n) is 6.32.